The first kappa shape index (κ1) is 19.3. The smallest absolute Gasteiger partial charge is 0.191 e. The molecule has 0 heterocycles. The monoisotopic (exact) mass is 320 g/mol. The number of nitrogens with zero attached hydrogens (tertiary/aromatic N) is 2. The second kappa shape index (κ2) is 9.40. The van der Waals surface area contributed by atoms with Crippen molar-refractivity contribution in [2.45, 2.75) is 27.3 Å². The molecule has 0 saturated heterocycles. The van der Waals surface area contributed by atoms with Crippen LogP contribution in [0.1, 0.15) is 26.3 Å². The highest BCUT2D eigenvalue weighted by atomic mass is 16.5. The van der Waals surface area contributed by atoms with E-state index in [9.17, 15) is 0 Å². The van der Waals surface area contributed by atoms with E-state index in [1.807, 2.05) is 24.3 Å². The zero-order chi connectivity index (χ0) is 17.3. The fraction of sp³-hybridized carbons (Fsp3) is 0.611. The molecule has 0 amide bonds. The number of ether oxygens (including phenoxy) is 1. The van der Waals surface area contributed by atoms with Gasteiger partial charge in [-0.15, -0.1) is 0 Å². The predicted octanol–water partition coefficient (Wildman–Crippen LogP) is 2.34. The Hall–Kier alpha value is -1.75. The van der Waals surface area contributed by atoms with E-state index in [4.69, 9.17) is 4.74 Å². The summed E-state index contributed by atoms with van der Waals surface area (Å²) in [6.45, 7) is 9.99. The lowest BCUT2D eigenvalue weighted by molar-refractivity contribution is 0.241. The minimum Gasteiger partial charge on any atom is -0.497 e. The van der Waals surface area contributed by atoms with Crippen LogP contribution in [0.15, 0.2) is 29.3 Å². The summed E-state index contributed by atoms with van der Waals surface area (Å²) >= 11 is 0. The van der Waals surface area contributed by atoms with Crippen molar-refractivity contribution in [1.29, 1.82) is 0 Å². The summed E-state index contributed by atoms with van der Waals surface area (Å²) in [6, 6.07) is 8.01. The number of hydrogen-bond acceptors (Lipinski definition) is 3. The lowest BCUT2D eigenvalue weighted by Crippen LogP contribution is -2.44. The maximum absolute atomic E-state index is 5.18. The van der Waals surface area contributed by atoms with Crippen LogP contribution in [0, 0.1) is 5.41 Å². The van der Waals surface area contributed by atoms with Gasteiger partial charge in [-0.2, -0.15) is 0 Å². The van der Waals surface area contributed by atoms with Crippen molar-refractivity contribution in [2.24, 2.45) is 10.4 Å². The van der Waals surface area contributed by atoms with Crippen molar-refractivity contribution in [3.63, 3.8) is 0 Å². The molecule has 0 saturated carbocycles. The topological polar surface area (TPSA) is 48.9 Å². The third kappa shape index (κ3) is 7.88. The Labute approximate surface area is 141 Å². The van der Waals surface area contributed by atoms with Gasteiger partial charge in [0, 0.05) is 19.6 Å². The maximum Gasteiger partial charge on any atom is 0.191 e. The highest BCUT2D eigenvalue weighted by Gasteiger charge is 2.19. The standard InChI is InChI=1S/C18H32N4O/c1-7-19-17(21-13-18(2,3)14-22(4)5)20-12-15-8-10-16(23-6)11-9-15/h8-11H,7,12-14H2,1-6H3,(H2,19,20,21). The molecule has 0 aromatic heterocycles. The van der Waals surface area contributed by atoms with E-state index in [1.165, 1.54) is 0 Å². The summed E-state index contributed by atoms with van der Waals surface area (Å²) in [4.78, 5) is 6.87. The van der Waals surface area contributed by atoms with Crippen LogP contribution in [-0.4, -0.2) is 51.7 Å². The zero-order valence-corrected chi connectivity index (χ0v) is 15.4. The van der Waals surface area contributed by atoms with Crippen molar-refractivity contribution in [3.05, 3.63) is 29.8 Å². The molecule has 1 aromatic rings. The van der Waals surface area contributed by atoms with Gasteiger partial charge in [-0.05, 0) is 44.1 Å². The Morgan fingerprint density at radius 3 is 2.35 bits per heavy atom. The van der Waals surface area contributed by atoms with Crippen LogP contribution < -0.4 is 15.4 Å². The van der Waals surface area contributed by atoms with E-state index in [-0.39, 0.29) is 5.41 Å². The van der Waals surface area contributed by atoms with Gasteiger partial charge in [-0.1, -0.05) is 26.0 Å². The highest BCUT2D eigenvalue weighted by Crippen LogP contribution is 2.14. The number of benzene rings is 1. The number of rotatable bonds is 8. The SMILES string of the molecule is CCNC(=NCc1ccc(OC)cc1)NCC(C)(C)CN(C)C. The Bertz CT molecular complexity index is 480. The quantitative estimate of drug-likeness (QED) is 0.570. The lowest BCUT2D eigenvalue weighted by atomic mass is 9.93. The van der Waals surface area contributed by atoms with Gasteiger partial charge in [0.15, 0.2) is 5.96 Å². The summed E-state index contributed by atoms with van der Waals surface area (Å²) in [6.07, 6.45) is 0. The molecule has 0 aliphatic heterocycles. The molecule has 130 valence electrons. The molecule has 0 spiro atoms. The van der Waals surface area contributed by atoms with Gasteiger partial charge < -0.3 is 20.3 Å². The lowest BCUT2D eigenvalue weighted by Gasteiger charge is -2.29. The molecule has 0 fully saturated rings. The van der Waals surface area contributed by atoms with E-state index in [2.05, 4.69) is 55.4 Å². The van der Waals surface area contributed by atoms with E-state index in [0.717, 1.165) is 36.9 Å². The van der Waals surface area contributed by atoms with Crippen molar-refractivity contribution in [2.75, 3.05) is 40.8 Å². The van der Waals surface area contributed by atoms with Gasteiger partial charge in [0.2, 0.25) is 0 Å². The van der Waals surface area contributed by atoms with Crippen LogP contribution in [-0.2, 0) is 6.54 Å². The van der Waals surface area contributed by atoms with Gasteiger partial charge in [0.25, 0.3) is 0 Å². The van der Waals surface area contributed by atoms with Crippen LogP contribution in [0.4, 0.5) is 0 Å². The largest absolute Gasteiger partial charge is 0.497 e. The third-order valence-electron chi connectivity index (χ3n) is 3.40. The summed E-state index contributed by atoms with van der Waals surface area (Å²) in [5.74, 6) is 1.73. The first-order valence-electron chi connectivity index (χ1n) is 8.16. The Balaban J connectivity index is 2.61. The third-order valence-corrected chi connectivity index (χ3v) is 3.40. The summed E-state index contributed by atoms with van der Waals surface area (Å²) in [5, 5.41) is 6.75. The number of aliphatic imine (C=N–C) groups is 1. The Morgan fingerprint density at radius 1 is 1.17 bits per heavy atom. The van der Waals surface area contributed by atoms with Gasteiger partial charge >= 0.3 is 0 Å². The highest BCUT2D eigenvalue weighted by molar-refractivity contribution is 5.79. The van der Waals surface area contributed by atoms with Crippen molar-refractivity contribution < 1.29 is 4.74 Å². The molecule has 5 nitrogen and oxygen atoms in total. The summed E-state index contributed by atoms with van der Waals surface area (Å²) in [5.41, 5.74) is 1.34. The Kier molecular flexibility index (Phi) is 7.89. The molecule has 1 aromatic carbocycles. The van der Waals surface area contributed by atoms with Gasteiger partial charge in [-0.3, -0.25) is 0 Å². The van der Waals surface area contributed by atoms with E-state index in [0.29, 0.717) is 6.54 Å². The molecule has 1 rings (SSSR count). The maximum atomic E-state index is 5.18. The number of hydrogen-bond donors (Lipinski definition) is 2. The van der Waals surface area contributed by atoms with Gasteiger partial charge in [-0.25, -0.2) is 4.99 Å². The first-order chi connectivity index (χ1) is 10.9. The molecule has 0 bridgehead atoms. The molecule has 0 unspecified atom stereocenters. The molecule has 0 atom stereocenters. The normalized spacial score (nSPS) is 12.4. The van der Waals surface area contributed by atoms with Crippen molar-refractivity contribution in [1.82, 2.24) is 15.5 Å². The van der Waals surface area contributed by atoms with Gasteiger partial charge in [0.05, 0.1) is 13.7 Å². The molecule has 0 radical (unpaired) electrons. The van der Waals surface area contributed by atoms with Gasteiger partial charge in [0.1, 0.15) is 5.75 Å². The average Bonchev–Trinajstić information content (AvgIpc) is 2.49. The summed E-state index contributed by atoms with van der Waals surface area (Å²) in [7, 11) is 5.88. The molecular formula is C18H32N4O. The minimum absolute atomic E-state index is 0.180. The minimum atomic E-state index is 0.180. The first-order valence-corrected chi connectivity index (χ1v) is 8.16. The molecule has 23 heavy (non-hydrogen) atoms. The van der Waals surface area contributed by atoms with Crippen molar-refractivity contribution >= 4 is 5.96 Å². The number of guanidine groups is 1. The number of nitrogens with one attached hydrogen (secondary N) is 2. The fourth-order valence-corrected chi connectivity index (χ4v) is 2.48. The molecular weight excluding hydrogens is 288 g/mol. The van der Waals surface area contributed by atoms with Crippen LogP contribution in [0.2, 0.25) is 0 Å². The molecule has 0 aliphatic rings. The van der Waals surface area contributed by atoms with Crippen molar-refractivity contribution in [3.8, 4) is 5.75 Å². The van der Waals surface area contributed by atoms with E-state index >= 15 is 0 Å². The molecule has 5 heteroatoms. The average molecular weight is 320 g/mol. The second-order valence-electron chi connectivity index (χ2n) is 6.80. The Morgan fingerprint density at radius 2 is 1.83 bits per heavy atom. The summed E-state index contributed by atoms with van der Waals surface area (Å²) < 4.78 is 5.18. The van der Waals surface area contributed by atoms with E-state index < -0.39 is 0 Å². The van der Waals surface area contributed by atoms with Crippen LogP contribution >= 0.6 is 0 Å². The van der Waals surface area contributed by atoms with E-state index in [1.54, 1.807) is 7.11 Å². The number of methoxy groups -OCH3 is 1. The fourth-order valence-electron chi connectivity index (χ4n) is 2.48. The van der Waals surface area contributed by atoms with Crippen LogP contribution in [0.5, 0.6) is 5.75 Å². The van der Waals surface area contributed by atoms with Crippen LogP contribution in [0.3, 0.4) is 0 Å². The molecule has 2 N–H and O–H groups in total. The molecule has 0 aliphatic carbocycles. The zero-order valence-electron chi connectivity index (χ0n) is 15.4. The second-order valence-corrected chi connectivity index (χ2v) is 6.80. The predicted molar refractivity (Wildman–Crippen MR) is 98.1 cm³/mol. The van der Waals surface area contributed by atoms with Crippen LogP contribution in [0.25, 0.3) is 0 Å².